The fraction of sp³-hybridized carbons (Fsp3) is 0.320. The highest BCUT2D eigenvalue weighted by Gasteiger charge is 2.29. The topological polar surface area (TPSA) is 61.9 Å². The van der Waals surface area contributed by atoms with Crippen LogP contribution in [0.1, 0.15) is 59.9 Å². The molecule has 1 aliphatic rings. The molecule has 1 amide bonds. The highest BCUT2D eigenvalue weighted by molar-refractivity contribution is 6.31. The van der Waals surface area contributed by atoms with Gasteiger partial charge in [-0.15, -0.1) is 0 Å². The number of aromatic nitrogens is 2. The van der Waals surface area contributed by atoms with Gasteiger partial charge in [-0.2, -0.15) is 5.26 Å². The van der Waals surface area contributed by atoms with Crippen molar-refractivity contribution in [2.75, 3.05) is 14.1 Å². The lowest BCUT2D eigenvalue weighted by molar-refractivity contribution is 0.0827. The van der Waals surface area contributed by atoms with Gasteiger partial charge in [-0.3, -0.25) is 9.36 Å². The maximum atomic E-state index is 15.3. The minimum atomic E-state index is -0.592. The zero-order valence-corrected chi connectivity index (χ0v) is 19.9. The Bertz CT molecular complexity index is 1260. The quantitative estimate of drug-likeness (QED) is 0.418. The summed E-state index contributed by atoms with van der Waals surface area (Å²) in [4.78, 5) is 18.8. The van der Waals surface area contributed by atoms with E-state index in [1.165, 1.54) is 11.0 Å². The zero-order valence-electron chi connectivity index (χ0n) is 18.4. The summed E-state index contributed by atoms with van der Waals surface area (Å²) in [5, 5.41) is 10.3. The first-order valence-corrected chi connectivity index (χ1v) is 11.6. The van der Waals surface area contributed by atoms with Gasteiger partial charge in [-0.25, -0.2) is 9.37 Å². The number of carbonyl (C=O) groups is 1. The average Bonchev–Trinajstić information content (AvgIpc) is 3.20. The Morgan fingerprint density at radius 3 is 2.58 bits per heavy atom. The molecule has 3 aromatic rings. The highest BCUT2D eigenvalue weighted by Crippen LogP contribution is 2.39. The van der Waals surface area contributed by atoms with Gasteiger partial charge in [0, 0.05) is 36.2 Å². The molecule has 4 rings (SSSR count). The normalized spacial score (nSPS) is 14.2. The number of amides is 1. The highest BCUT2D eigenvalue weighted by atomic mass is 35.5. The van der Waals surface area contributed by atoms with E-state index in [2.05, 4.69) is 11.1 Å². The van der Waals surface area contributed by atoms with Crippen molar-refractivity contribution >= 4 is 29.1 Å². The molecule has 5 nitrogen and oxygen atoms in total. The van der Waals surface area contributed by atoms with E-state index in [0.29, 0.717) is 27.7 Å². The minimum absolute atomic E-state index is 0.0187. The van der Waals surface area contributed by atoms with Gasteiger partial charge >= 0.3 is 0 Å². The lowest BCUT2D eigenvalue weighted by Crippen LogP contribution is -2.21. The number of benzene rings is 2. The first kappa shape index (κ1) is 23.3. The molecule has 0 N–H and O–H groups in total. The van der Waals surface area contributed by atoms with Crippen LogP contribution in [0.2, 0.25) is 10.0 Å². The van der Waals surface area contributed by atoms with E-state index in [1.807, 2.05) is 0 Å². The Morgan fingerprint density at radius 1 is 1.18 bits per heavy atom. The molecular formula is C25H23Cl2FN4O. The van der Waals surface area contributed by atoms with Crippen LogP contribution in [0.3, 0.4) is 0 Å². The molecule has 0 atom stereocenters. The Hall–Kier alpha value is -2.88. The number of nitrogens with zero attached hydrogens (tertiary/aromatic N) is 4. The molecule has 0 unspecified atom stereocenters. The van der Waals surface area contributed by atoms with Crippen molar-refractivity contribution in [3.63, 3.8) is 0 Å². The van der Waals surface area contributed by atoms with E-state index in [4.69, 9.17) is 23.2 Å². The van der Waals surface area contributed by atoms with Gasteiger partial charge in [0.15, 0.2) is 11.5 Å². The van der Waals surface area contributed by atoms with E-state index < -0.39 is 5.82 Å². The maximum absolute atomic E-state index is 15.3. The predicted molar refractivity (Wildman–Crippen MR) is 128 cm³/mol. The van der Waals surface area contributed by atoms with Crippen molar-refractivity contribution in [3.8, 4) is 23.0 Å². The van der Waals surface area contributed by atoms with Crippen molar-refractivity contribution in [1.82, 2.24) is 14.5 Å². The van der Waals surface area contributed by atoms with Crippen LogP contribution in [0.25, 0.3) is 16.9 Å². The predicted octanol–water partition coefficient (Wildman–Crippen LogP) is 6.61. The zero-order chi connectivity index (χ0) is 23.7. The van der Waals surface area contributed by atoms with Crippen LogP contribution in [-0.2, 0) is 0 Å². The van der Waals surface area contributed by atoms with Gasteiger partial charge in [-0.1, -0.05) is 48.5 Å². The lowest BCUT2D eigenvalue weighted by Gasteiger charge is -2.23. The smallest absolute Gasteiger partial charge is 0.253 e. The van der Waals surface area contributed by atoms with Gasteiger partial charge in [0.05, 0.1) is 16.4 Å². The lowest BCUT2D eigenvalue weighted by atomic mass is 9.88. The SMILES string of the molecule is CN(C)C(=O)c1cc(Cl)cc(-c2c(C#N)nc(C3CCCCC3)n2-c2cccc(Cl)c2F)c1. The van der Waals surface area contributed by atoms with E-state index in [1.54, 1.807) is 49.0 Å². The fourth-order valence-electron chi connectivity index (χ4n) is 4.43. The van der Waals surface area contributed by atoms with E-state index >= 15 is 4.39 Å². The number of hydrogen-bond donors (Lipinski definition) is 0. The summed E-state index contributed by atoms with van der Waals surface area (Å²) in [5.74, 6) is -0.112. The summed E-state index contributed by atoms with van der Waals surface area (Å²) >= 11 is 12.5. The first-order chi connectivity index (χ1) is 15.8. The summed E-state index contributed by atoms with van der Waals surface area (Å²) in [5.41, 5.74) is 1.64. The Balaban J connectivity index is 2.03. The minimum Gasteiger partial charge on any atom is -0.345 e. The average molecular weight is 485 g/mol. The number of rotatable bonds is 4. The van der Waals surface area contributed by atoms with Crippen molar-refractivity contribution in [2.24, 2.45) is 0 Å². The van der Waals surface area contributed by atoms with Gasteiger partial charge < -0.3 is 4.90 Å². The van der Waals surface area contributed by atoms with E-state index in [0.717, 1.165) is 32.1 Å². The third kappa shape index (κ3) is 4.48. The van der Waals surface area contributed by atoms with Crippen molar-refractivity contribution in [3.05, 3.63) is 69.3 Å². The van der Waals surface area contributed by atoms with Crippen molar-refractivity contribution < 1.29 is 9.18 Å². The van der Waals surface area contributed by atoms with Gasteiger partial charge in [0.25, 0.3) is 5.91 Å². The molecule has 170 valence electrons. The van der Waals surface area contributed by atoms with Crippen molar-refractivity contribution in [1.29, 1.82) is 5.26 Å². The second-order valence-corrected chi connectivity index (χ2v) is 9.29. The van der Waals surface area contributed by atoms with Crippen LogP contribution < -0.4 is 0 Å². The molecule has 1 fully saturated rings. The molecule has 0 bridgehead atoms. The van der Waals surface area contributed by atoms with Crippen LogP contribution in [0.5, 0.6) is 0 Å². The van der Waals surface area contributed by atoms with E-state index in [9.17, 15) is 10.1 Å². The third-order valence-electron chi connectivity index (χ3n) is 5.98. The summed E-state index contributed by atoms with van der Waals surface area (Å²) < 4.78 is 17.0. The Morgan fingerprint density at radius 2 is 1.91 bits per heavy atom. The van der Waals surface area contributed by atoms with Gasteiger partial charge in [0.2, 0.25) is 0 Å². The molecule has 1 saturated carbocycles. The molecule has 1 aliphatic carbocycles. The van der Waals surface area contributed by atoms with Crippen LogP contribution >= 0.6 is 23.2 Å². The van der Waals surface area contributed by atoms with Crippen LogP contribution in [0.4, 0.5) is 4.39 Å². The first-order valence-electron chi connectivity index (χ1n) is 10.8. The monoisotopic (exact) mass is 484 g/mol. The van der Waals surface area contributed by atoms with Gasteiger partial charge in [-0.05, 0) is 43.2 Å². The molecule has 2 aromatic carbocycles. The molecule has 8 heteroatoms. The molecule has 0 radical (unpaired) electrons. The molecule has 0 aliphatic heterocycles. The molecule has 33 heavy (non-hydrogen) atoms. The molecule has 1 heterocycles. The maximum Gasteiger partial charge on any atom is 0.253 e. The number of carbonyl (C=O) groups excluding carboxylic acids is 1. The van der Waals surface area contributed by atoms with Gasteiger partial charge in [0.1, 0.15) is 11.9 Å². The second-order valence-electron chi connectivity index (χ2n) is 8.45. The Kier molecular flexibility index (Phi) is 6.73. The number of halogens is 3. The van der Waals surface area contributed by atoms with Crippen molar-refractivity contribution in [2.45, 2.75) is 38.0 Å². The van der Waals surface area contributed by atoms with Crippen LogP contribution in [-0.4, -0.2) is 34.5 Å². The standard InChI is InChI=1S/C25H23Cl2FN4O/c1-31(2)25(33)17-11-16(12-18(26)13-17)23-20(14-29)30-24(15-7-4-3-5-8-15)32(23)21-10-6-9-19(27)22(21)28/h6,9-13,15H,3-5,7-8H2,1-2H3. The molecular weight excluding hydrogens is 462 g/mol. The second kappa shape index (κ2) is 9.54. The molecule has 1 aromatic heterocycles. The molecule has 0 spiro atoms. The summed E-state index contributed by atoms with van der Waals surface area (Å²) in [6.45, 7) is 0. The van der Waals surface area contributed by atoms with E-state index in [-0.39, 0.29) is 28.2 Å². The number of hydrogen-bond acceptors (Lipinski definition) is 3. The number of nitriles is 1. The van der Waals surface area contributed by atoms with Crippen LogP contribution in [0.15, 0.2) is 36.4 Å². The third-order valence-corrected chi connectivity index (χ3v) is 6.49. The number of imidazole rings is 1. The Labute approximate surface area is 202 Å². The largest absolute Gasteiger partial charge is 0.345 e. The van der Waals surface area contributed by atoms with Crippen LogP contribution in [0, 0.1) is 17.1 Å². The summed E-state index contributed by atoms with van der Waals surface area (Å²) in [6.07, 6.45) is 5.05. The fourth-order valence-corrected chi connectivity index (χ4v) is 4.84. The summed E-state index contributed by atoms with van der Waals surface area (Å²) in [6, 6.07) is 11.8. The molecule has 0 saturated heterocycles. The summed E-state index contributed by atoms with van der Waals surface area (Å²) in [7, 11) is 3.30.